The standard InChI is InChI=1S/C10H15N5O10P2.Na/c11-8-5-9(13-2-12-8)15(3-14-5)10-7(17)6(16)4(24-10)1-23-27(21,22)25-26(18,19)20;/h2-4,6-7,10,16-17H,1H2,(H,21,22)(H2,11,12,13)(H2,18,19,20);/p-1/t4-,6-,7-,10-;/m1./s1. The van der Waals surface area contributed by atoms with E-state index < -0.39 is 46.8 Å². The Morgan fingerprint density at radius 2 is 1.93 bits per heavy atom. The van der Waals surface area contributed by atoms with Crippen molar-refractivity contribution < 1.29 is 47.6 Å². The number of imidazole rings is 1. The maximum absolute atomic E-state index is 11.4. The Morgan fingerprint density at radius 1 is 1.25 bits per heavy atom. The zero-order valence-electron chi connectivity index (χ0n) is 14.2. The molecule has 15 nitrogen and oxygen atoms in total. The number of aliphatic hydroxyl groups is 2. The van der Waals surface area contributed by atoms with E-state index in [0.29, 0.717) is 0 Å². The summed E-state index contributed by atoms with van der Waals surface area (Å²) in [5.41, 5.74) is 6.09. The minimum absolute atomic E-state index is 0. The third-order valence-corrected chi connectivity index (χ3v) is 5.73. The molecular formula is C10H14N5NaO10P2-. The van der Waals surface area contributed by atoms with Crippen LogP contribution in [-0.2, 0) is 22.7 Å². The van der Waals surface area contributed by atoms with Crippen LogP contribution >= 0.6 is 15.6 Å². The fourth-order valence-corrected chi connectivity index (χ4v) is 4.04. The first-order valence-corrected chi connectivity index (χ1v) is 10.1. The van der Waals surface area contributed by atoms with Gasteiger partial charge in [0.1, 0.15) is 30.2 Å². The van der Waals surface area contributed by atoms with Gasteiger partial charge in [0.15, 0.2) is 17.7 Å². The van der Waals surface area contributed by atoms with Crippen LogP contribution in [0.4, 0.5) is 5.82 Å². The predicted octanol–water partition coefficient (Wildman–Crippen LogP) is -2.76. The summed E-state index contributed by atoms with van der Waals surface area (Å²) in [5.74, 6) is 0.0797. The average Bonchev–Trinajstić information content (AvgIpc) is 3.07. The molecule has 2 aromatic heterocycles. The molecule has 3 rings (SSSR count). The molecule has 28 heavy (non-hydrogen) atoms. The molecule has 6 N–H and O–H groups in total. The molecule has 0 amide bonds. The van der Waals surface area contributed by atoms with Gasteiger partial charge in [0.05, 0.1) is 12.9 Å². The zero-order chi connectivity index (χ0) is 20.0. The van der Waals surface area contributed by atoms with Crippen LogP contribution in [0, 0.1) is 0 Å². The number of aliphatic hydroxyl groups excluding tert-OH is 2. The number of anilines is 1. The topological polar surface area (TPSA) is 235 Å². The molecule has 2 unspecified atom stereocenters. The molecule has 3 heterocycles. The number of hydrogen-bond acceptors (Lipinski definition) is 12. The van der Waals surface area contributed by atoms with E-state index in [1.807, 2.05) is 0 Å². The predicted molar refractivity (Wildman–Crippen MR) is 88.1 cm³/mol. The molecule has 0 bridgehead atoms. The van der Waals surface area contributed by atoms with E-state index in [1.165, 1.54) is 10.9 Å². The molecule has 1 radical (unpaired) electrons. The molecule has 0 saturated carbocycles. The van der Waals surface area contributed by atoms with Crippen LogP contribution in [0.2, 0.25) is 0 Å². The summed E-state index contributed by atoms with van der Waals surface area (Å²) in [7, 11) is -10.7. The van der Waals surface area contributed by atoms with Crippen molar-refractivity contribution in [3.63, 3.8) is 0 Å². The second-order valence-electron chi connectivity index (χ2n) is 5.44. The Kier molecular flexibility index (Phi) is 7.38. The number of aromatic nitrogens is 4. The number of nitrogens with two attached hydrogens (primary N) is 1. The van der Waals surface area contributed by atoms with Crippen molar-refractivity contribution >= 4 is 62.2 Å². The van der Waals surface area contributed by atoms with Gasteiger partial charge in [0.25, 0.3) is 7.82 Å². The molecule has 0 aromatic carbocycles. The Hall–Kier alpha value is -0.510. The van der Waals surface area contributed by atoms with Crippen molar-refractivity contribution in [3.8, 4) is 0 Å². The van der Waals surface area contributed by atoms with Crippen LogP contribution in [0.5, 0.6) is 0 Å². The van der Waals surface area contributed by atoms with Crippen molar-refractivity contribution in [2.45, 2.75) is 24.5 Å². The smallest absolute Gasteiger partial charge is 0.478 e. The molecule has 0 aliphatic carbocycles. The Labute approximate surface area is 178 Å². The second kappa shape index (κ2) is 8.70. The SMILES string of the molecule is Nc1ncnc2c1ncn2[C@@H]1O[C@H](COP(=O)(O)OP(=O)([O-])O)[C@@H](O)[C@H]1O.[Na]. The van der Waals surface area contributed by atoms with E-state index in [4.69, 9.17) is 15.4 Å². The summed E-state index contributed by atoms with van der Waals surface area (Å²) in [4.78, 5) is 39.9. The zero-order valence-corrected chi connectivity index (χ0v) is 18.0. The van der Waals surface area contributed by atoms with Crippen LogP contribution in [0.1, 0.15) is 6.23 Å². The summed E-state index contributed by atoms with van der Waals surface area (Å²) in [6.45, 7) is -0.841. The first kappa shape index (κ1) is 23.8. The Balaban J connectivity index is 0.00000280. The number of phosphoric acid groups is 2. The average molecular weight is 449 g/mol. The summed E-state index contributed by atoms with van der Waals surface area (Å²) in [6, 6.07) is 0. The molecule has 151 valence electrons. The van der Waals surface area contributed by atoms with Crippen LogP contribution in [0.3, 0.4) is 0 Å². The number of ether oxygens (including phenoxy) is 1. The molecule has 2 aromatic rings. The van der Waals surface area contributed by atoms with Gasteiger partial charge in [-0.25, -0.2) is 23.8 Å². The van der Waals surface area contributed by atoms with E-state index in [0.717, 1.165) is 6.33 Å². The van der Waals surface area contributed by atoms with Gasteiger partial charge in [-0.1, -0.05) is 0 Å². The molecule has 1 fully saturated rings. The first-order valence-electron chi connectivity index (χ1n) is 7.15. The first-order chi connectivity index (χ1) is 12.5. The van der Waals surface area contributed by atoms with Crippen LogP contribution in [0.15, 0.2) is 12.7 Å². The molecule has 18 heteroatoms. The third-order valence-electron chi connectivity index (χ3n) is 3.61. The summed E-state index contributed by atoms with van der Waals surface area (Å²) in [5, 5.41) is 20.3. The minimum Gasteiger partial charge on any atom is -0.756 e. The summed E-state index contributed by atoms with van der Waals surface area (Å²) < 4.78 is 36.5. The van der Waals surface area contributed by atoms with Gasteiger partial charge in [-0.3, -0.25) is 13.7 Å². The largest absolute Gasteiger partial charge is 0.756 e. The second-order valence-corrected chi connectivity index (χ2v) is 8.23. The number of rotatable bonds is 6. The van der Waals surface area contributed by atoms with Gasteiger partial charge in [-0.05, 0) is 0 Å². The maximum atomic E-state index is 11.4. The molecule has 1 aliphatic heterocycles. The normalized spacial score (nSPS) is 29.2. The fraction of sp³-hybridized carbons (Fsp3) is 0.500. The van der Waals surface area contributed by atoms with Gasteiger partial charge in [0.2, 0.25) is 0 Å². The van der Waals surface area contributed by atoms with Gasteiger partial charge < -0.3 is 35.4 Å². The third kappa shape index (κ3) is 5.15. The van der Waals surface area contributed by atoms with E-state index in [-0.39, 0.29) is 46.5 Å². The van der Waals surface area contributed by atoms with Crippen molar-refractivity contribution in [1.29, 1.82) is 0 Å². The van der Waals surface area contributed by atoms with Crippen molar-refractivity contribution in [2.75, 3.05) is 12.3 Å². The number of nitrogen functional groups attached to an aromatic ring is 1. The molecule has 6 atom stereocenters. The maximum Gasteiger partial charge on any atom is 0.478 e. The van der Waals surface area contributed by atoms with Crippen molar-refractivity contribution in [2.24, 2.45) is 0 Å². The molecule has 1 saturated heterocycles. The van der Waals surface area contributed by atoms with Gasteiger partial charge in [-0.15, -0.1) is 0 Å². The Bertz CT molecular complexity index is 938. The van der Waals surface area contributed by atoms with E-state index in [1.54, 1.807) is 0 Å². The number of nitrogens with zero attached hydrogens (tertiary/aromatic N) is 4. The van der Waals surface area contributed by atoms with Crippen LogP contribution in [-0.4, -0.2) is 94.0 Å². The summed E-state index contributed by atoms with van der Waals surface area (Å²) in [6.07, 6.45) is -3.27. The van der Waals surface area contributed by atoms with E-state index >= 15 is 0 Å². The van der Waals surface area contributed by atoms with E-state index in [2.05, 4.69) is 23.8 Å². The van der Waals surface area contributed by atoms with Gasteiger partial charge in [-0.2, -0.15) is 0 Å². The van der Waals surface area contributed by atoms with Crippen molar-refractivity contribution in [1.82, 2.24) is 19.5 Å². The van der Waals surface area contributed by atoms with Crippen LogP contribution in [0.25, 0.3) is 11.2 Å². The Morgan fingerprint density at radius 3 is 2.57 bits per heavy atom. The van der Waals surface area contributed by atoms with Gasteiger partial charge in [0, 0.05) is 29.6 Å². The summed E-state index contributed by atoms with van der Waals surface area (Å²) >= 11 is 0. The molecule has 1 aliphatic rings. The van der Waals surface area contributed by atoms with Gasteiger partial charge >= 0.3 is 7.82 Å². The quantitative estimate of drug-likeness (QED) is 0.222. The number of fused-ring (bicyclic) bond motifs is 1. The van der Waals surface area contributed by atoms with Crippen molar-refractivity contribution in [3.05, 3.63) is 12.7 Å². The minimum atomic E-state index is -5.54. The number of phosphoric ester groups is 1. The fourth-order valence-electron chi connectivity index (χ4n) is 2.47. The van der Waals surface area contributed by atoms with Crippen LogP contribution < -0.4 is 10.6 Å². The molecular weight excluding hydrogens is 435 g/mol. The molecule has 0 spiro atoms. The van der Waals surface area contributed by atoms with E-state index in [9.17, 15) is 29.1 Å². The monoisotopic (exact) mass is 449 g/mol. The number of hydrogen-bond donors (Lipinski definition) is 5.